The number of para-hydroxylation sites is 1. The minimum absolute atomic E-state index is 0.0375. The molecule has 7 aromatic carbocycles. The number of ether oxygens (including phenoxy) is 2. The van der Waals surface area contributed by atoms with Gasteiger partial charge in [0.2, 0.25) is 0 Å². The summed E-state index contributed by atoms with van der Waals surface area (Å²) in [4.78, 5) is 0. The van der Waals surface area contributed by atoms with E-state index in [1.165, 1.54) is 33.0 Å². The average molecular weight is 872 g/mol. The molecule has 6 nitrogen and oxygen atoms in total. The summed E-state index contributed by atoms with van der Waals surface area (Å²) < 4.78 is 18.6. The number of aryl methyl sites for hydroxylation is 1. The smallest absolute Gasteiger partial charge is 0.174 e. The van der Waals surface area contributed by atoms with E-state index >= 15 is 0 Å². The number of hydrogen-bond acceptors (Lipinski definition) is 5. The van der Waals surface area contributed by atoms with Crippen molar-refractivity contribution < 1.29 is 13.9 Å². The quantitative estimate of drug-likeness (QED) is 0.0907. The first-order chi connectivity index (χ1) is 32.0. The van der Waals surface area contributed by atoms with Crippen molar-refractivity contribution in [1.29, 1.82) is 5.41 Å². The second kappa shape index (κ2) is 21.5. The molecule has 0 bridgehead atoms. The maximum absolute atomic E-state index is 7.57. The van der Waals surface area contributed by atoms with Crippen LogP contribution < -0.4 is 20.9 Å². The third-order valence-corrected chi connectivity index (χ3v) is 12.0. The van der Waals surface area contributed by atoms with Gasteiger partial charge in [-0.3, -0.25) is 5.41 Å². The predicted molar refractivity (Wildman–Crippen MR) is 276 cm³/mol. The van der Waals surface area contributed by atoms with E-state index in [4.69, 9.17) is 30.8 Å². The van der Waals surface area contributed by atoms with Crippen LogP contribution in [0.4, 0.5) is 0 Å². The van der Waals surface area contributed by atoms with Crippen LogP contribution in [-0.2, 0) is 12.0 Å². The van der Waals surface area contributed by atoms with Gasteiger partial charge >= 0.3 is 0 Å². The molecule has 3 aliphatic rings. The zero-order valence-corrected chi connectivity index (χ0v) is 38.7. The van der Waals surface area contributed by atoms with E-state index < -0.39 is 0 Å². The highest BCUT2D eigenvalue weighted by molar-refractivity contribution is 6.04. The SMILES string of the molecule is C=CCC(C)C.CC1(C)c2ccc3c(c2C2C=CC=CC21)Oc1ccc(-c2ccc(C(=N)N)cc2)cc1O3.Cc1ccc2c(c1)oc1ccccc12.NCc1ccccc1.c1ccccc1. The molecule has 2 unspecified atom stereocenters. The highest BCUT2D eigenvalue weighted by atomic mass is 16.6. The van der Waals surface area contributed by atoms with Gasteiger partial charge < -0.3 is 25.4 Å². The second-order valence-corrected chi connectivity index (χ2v) is 17.6. The van der Waals surface area contributed by atoms with Crippen LogP contribution >= 0.6 is 0 Å². The molecule has 1 aromatic heterocycles. The Morgan fingerprint density at radius 1 is 0.682 bits per heavy atom. The molecule has 1 aliphatic heterocycles. The van der Waals surface area contributed by atoms with E-state index in [1.807, 2.05) is 140 Å². The molecule has 5 N–H and O–H groups in total. The molecule has 2 atom stereocenters. The van der Waals surface area contributed by atoms with E-state index in [0.717, 1.165) is 51.9 Å². The molecule has 0 radical (unpaired) electrons. The lowest BCUT2D eigenvalue weighted by molar-refractivity contribution is 0.354. The van der Waals surface area contributed by atoms with E-state index in [9.17, 15) is 0 Å². The molecule has 334 valence electrons. The number of furan rings is 1. The van der Waals surface area contributed by atoms with E-state index in [2.05, 4.69) is 95.8 Å². The second-order valence-electron chi connectivity index (χ2n) is 17.6. The number of allylic oxidation sites excluding steroid dienone is 5. The topological polar surface area (TPSA) is 107 Å². The molecule has 0 saturated carbocycles. The van der Waals surface area contributed by atoms with Gasteiger partial charge in [0, 0.05) is 34.4 Å². The molecule has 2 aliphatic carbocycles. The fourth-order valence-electron chi connectivity index (χ4n) is 8.50. The molecule has 6 heteroatoms. The van der Waals surface area contributed by atoms with Gasteiger partial charge in [0.25, 0.3) is 0 Å². The van der Waals surface area contributed by atoms with Crippen molar-refractivity contribution in [1.82, 2.24) is 0 Å². The molecule has 0 saturated heterocycles. The molecular weight excluding hydrogens is 811 g/mol. The van der Waals surface area contributed by atoms with Crippen molar-refractivity contribution in [3.05, 3.63) is 229 Å². The molecule has 2 heterocycles. The average Bonchev–Trinajstić information content (AvgIpc) is 3.83. The summed E-state index contributed by atoms with van der Waals surface area (Å²) in [5.74, 6) is 4.60. The van der Waals surface area contributed by atoms with Crippen molar-refractivity contribution in [2.75, 3.05) is 0 Å². The number of hydrogen-bond donors (Lipinski definition) is 3. The van der Waals surface area contributed by atoms with Crippen molar-refractivity contribution in [3.63, 3.8) is 0 Å². The van der Waals surface area contributed by atoms with Crippen molar-refractivity contribution >= 4 is 27.8 Å². The fourth-order valence-corrected chi connectivity index (χ4v) is 8.50. The number of fused-ring (bicyclic) bond motifs is 9. The Bertz CT molecular complexity index is 2920. The summed E-state index contributed by atoms with van der Waals surface area (Å²) >= 11 is 0. The molecule has 11 rings (SSSR count). The summed E-state index contributed by atoms with van der Waals surface area (Å²) in [5, 5.41) is 9.97. The Balaban J connectivity index is 0.000000155. The van der Waals surface area contributed by atoms with Gasteiger partial charge in [-0.25, -0.2) is 0 Å². The maximum Gasteiger partial charge on any atom is 0.174 e. The third-order valence-electron chi connectivity index (χ3n) is 12.0. The first-order valence-corrected chi connectivity index (χ1v) is 22.7. The summed E-state index contributed by atoms with van der Waals surface area (Å²) in [6.07, 6.45) is 12.0. The molecule has 0 fully saturated rings. The fraction of sp³-hybridized carbons (Fsp3) is 0.183. The molecule has 8 aromatic rings. The summed E-state index contributed by atoms with van der Waals surface area (Å²) in [7, 11) is 0. The molecule has 66 heavy (non-hydrogen) atoms. The van der Waals surface area contributed by atoms with Gasteiger partial charge in [-0.2, -0.15) is 0 Å². The Labute approximate surface area is 390 Å². The van der Waals surface area contributed by atoms with Crippen LogP contribution in [0.3, 0.4) is 0 Å². The Morgan fingerprint density at radius 3 is 1.94 bits per heavy atom. The summed E-state index contributed by atoms with van der Waals surface area (Å²) in [5.41, 5.74) is 20.7. The Morgan fingerprint density at radius 2 is 1.30 bits per heavy atom. The first kappa shape index (κ1) is 46.6. The van der Waals surface area contributed by atoms with Crippen molar-refractivity contribution in [2.24, 2.45) is 23.3 Å². The van der Waals surface area contributed by atoms with Crippen LogP contribution in [0.15, 0.2) is 205 Å². The standard InChI is InChI=1S/C28H24N2O2.C13H10O.C7H9N.C6H6.C6H12/c1-28(2)20-6-4-3-5-19(20)25-21(28)12-14-23-26(25)32-22-13-11-18(15-24(22)31-23)16-7-9-17(10-8-16)27(29)30;1-9-6-7-11-10-4-2-3-5-12(10)14-13(11)8-9;8-6-7-4-2-1-3-5-7;1-2-4-6-5-3-1;1-4-5-6(2)3/h3-15,19-20H,1-2H3,(H3,29,30);2-8H,1H3;1-5H,6,8H2;1-6H;4,6H,1,5H2,2-3H3. The van der Waals surface area contributed by atoms with E-state index in [-0.39, 0.29) is 11.3 Å². The molecular formula is C60H61N3O3. The Kier molecular flexibility index (Phi) is 15.2. The number of benzene rings is 7. The molecule has 0 spiro atoms. The maximum atomic E-state index is 7.57. The number of nitrogens with one attached hydrogen (secondary N) is 1. The number of amidine groups is 1. The van der Waals surface area contributed by atoms with E-state index in [0.29, 0.717) is 29.7 Å². The van der Waals surface area contributed by atoms with E-state index in [1.54, 1.807) is 0 Å². The number of nitrogen functional groups attached to an aromatic ring is 1. The number of nitrogens with two attached hydrogens (primary N) is 2. The minimum Gasteiger partial charge on any atom is -0.456 e. The lowest BCUT2D eigenvalue weighted by atomic mass is 9.74. The van der Waals surface area contributed by atoms with Crippen LogP contribution in [0.25, 0.3) is 33.1 Å². The largest absolute Gasteiger partial charge is 0.456 e. The monoisotopic (exact) mass is 871 g/mol. The van der Waals surface area contributed by atoms with Gasteiger partial charge in [0.05, 0.1) is 0 Å². The zero-order chi connectivity index (χ0) is 46.6. The van der Waals surface area contributed by atoms with Crippen LogP contribution in [0, 0.1) is 24.2 Å². The summed E-state index contributed by atoms with van der Waals surface area (Å²) in [6.45, 7) is 15.3. The van der Waals surface area contributed by atoms with Crippen molar-refractivity contribution in [2.45, 2.75) is 58.9 Å². The van der Waals surface area contributed by atoms with Gasteiger partial charge in [0.1, 0.15) is 17.0 Å². The van der Waals surface area contributed by atoms with Crippen LogP contribution in [0.1, 0.15) is 67.9 Å². The van der Waals surface area contributed by atoms with Crippen molar-refractivity contribution in [3.8, 4) is 34.1 Å². The normalized spacial score (nSPS) is 15.2. The van der Waals surface area contributed by atoms with Gasteiger partial charge in [-0.15, -0.1) is 6.58 Å². The first-order valence-electron chi connectivity index (χ1n) is 22.7. The summed E-state index contributed by atoms with van der Waals surface area (Å²) in [6, 6.07) is 54.3. The van der Waals surface area contributed by atoms with Crippen LogP contribution in [0.2, 0.25) is 0 Å². The number of rotatable bonds is 5. The highest BCUT2D eigenvalue weighted by Crippen LogP contribution is 2.60. The zero-order valence-electron chi connectivity index (χ0n) is 38.7. The van der Waals surface area contributed by atoms with Crippen LogP contribution in [0.5, 0.6) is 23.0 Å². The lowest BCUT2D eigenvalue weighted by Crippen LogP contribution is -2.24. The molecule has 0 amide bonds. The Hall–Kier alpha value is -7.41. The van der Waals surface area contributed by atoms with Gasteiger partial charge in [0.15, 0.2) is 23.0 Å². The van der Waals surface area contributed by atoms with Gasteiger partial charge in [-0.05, 0) is 88.7 Å². The lowest BCUT2D eigenvalue weighted by Gasteiger charge is -2.29. The van der Waals surface area contributed by atoms with Crippen LogP contribution in [-0.4, -0.2) is 5.84 Å². The third kappa shape index (κ3) is 10.9. The predicted octanol–water partition coefficient (Wildman–Crippen LogP) is 15.6. The van der Waals surface area contributed by atoms with Gasteiger partial charge in [-0.1, -0.05) is 192 Å². The highest BCUT2D eigenvalue weighted by Gasteiger charge is 2.47. The minimum atomic E-state index is 0.0375.